The Bertz CT molecular complexity index is 899. The Morgan fingerprint density at radius 3 is 1.94 bits per heavy atom. The van der Waals surface area contributed by atoms with E-state index < -0.39 is 11.2 Å². The van der Waals surface area contributed by atoms with E-state index in [4.69, 9.17) is 9.47 Å². The van der Waals surface area contributed by atoms with Crippen LogP contribution in [0.1, 0.15) is 6.92 Å². The van der Waals surface area contributed by atoms with Gasteiger partial charge in [0.2, 0.25) is 17.8 Å². The van der Waals surface area contributed by atoms with Crippen LogP contribution in [-0.4, -0.2) is 84.5 Å². The maximum absolute atomic E-state index is 12.9. The highest BCUT2D eigenvalue weighted by molar-refractivity contribution is 8.01. The number of amides is 1. The lowest BCUT2D eigenvalue weighted by Gasteiger charge is -2.30. The second-order valence-electron chi connectivity index (χ2n) is 7.38. The van der Waals surface area contributed by atoms with Crippen LogP contribution in [0.4, 0.5) is 17.6 Å². The van der Waals surface area contributed by atoms with Gasteiger partial charge in [-0.1, -0.05) is 30.0 Å². The van der Waals surface area contributed by atoms with Gasteiger partial charge in [0.05, 0.1) is 26.4 Å². The van der Waals surface area contributed by atoms with Crippen LogP contribution >= 0.6 is 11.8 Å². The Hall–Kier alpha value is -2.76. The topological polar surface area (TPSA) is 110 Å². The van der Waals surface area contributed by atoms with Crippen LogP contribution < -0.4 is 15.1 Å². The average molecular weight is 459 g/mol. The van der Waals surface area contributed by atoms with Gasteiger partial charge in [0.1, 0.15) is 5.25 Å². The molecule has 2 saturated heterocycles. The van der Waals surface area contributed by atoms with Crippen LogP contribution in [0.2, 0.25) is 0 Å². The molecule has 1 aromatic heterocycles. The largest absolute Gasteiger partial charge is 0.378 e. The molecule has 0 radical (unpaired) electrons. The van der Waals surface area contributed by atoms with Gasteiger partial charge >= 0.3 is 0 Å². The molecule has 2 fully saturated rings. The predicted molar refractivity (Wildman–Crippen MR) is 121 cm³/mol. The van der Waals surface area contributed by atoms with E-state index in [0.717, 1.165) is 11.8 Å². The summed E-state index contributed by atoms with van der Waals surface area (Å²) in [4.78, 5) is 43.1. The Morgan fingerprint density at radius 1 is 0.906 bits per heavy atom. The van der Waals surface area contributed by atoms with Gasteiger partial charge in [-0.25, -0.2) is 0 Å². The maximum atomic E-state index is 12.9. The number of para-hydroxylation sites is 1. The number of hydrogen-bond donors (Lipinski definition) is 1. The summed E-state index contributed by atoms with van der Waals surface area (Å²) in [6, 6.07) is 9.05. The smallest absolute Gasteiger partial charge is 0.245 e. The fourth-order valence-electron chi connectivity index (χ4n) is 3.35. The molecule has 32 heavy (non-hydrogen) atoms. The molecule has 10 nitrogen and oxygen atoms in total. The molecular weight excluding hydrogens is 432 g/mol. The van der Waals surface area contributed by atoms with Crippen LogP contribution in [0.25, 0.3) is 0 Å². The molecule has 1 aromatic carbocycles. The van der Waals surface area contributed by atoms with E-state index in [9.17, 15) is 9.59 Å². The summed E-state index contributed by atoms with van der Waals surface area (Å²) < 4.78 is 10.9. The number of hydrogen-bond acceptors (Lipinski definition) is 10. The summed E-state index contributed by atoms with van der Waals surface area (Å²) in [5, 5.41) is 2.15. The lowest BCUT2D eigenvalue weighted by atomic mass is 10.2. The summed E-state index contributed by atoms with van der Waals surface area (Å²) in [5.74, 6) is 0.371. The number of morpholine rings is 2. The fraction of sp³-hybridized carbons (Fsp3) is 0.476. The normalized spacial score (nSPS) is 17.7. The number of Topliss-reactive ketones (excluding diaryl/α,β-unsaturated/α-hetero) is 1. The van der Waals surface area contributed by atoms with Gasteiger partial charge in [-0.05, 0) is 19.1 Å². The molecule has 0 bridgehead atoms. The molecule has 0 spiro atoms. The van der Waals surface area contributed by atoms with Crippen molar-refractivity contribution in [3.8, 4) is 0 Å². The van der Waals surface area contributed by atoms with E-state index in [-0.39, 0.29) is 5.78 Å². The predicted octanol–water partition coefficient (Wildman–Crippen LogP) is 1.23. The molecule has 1 N–H and O–H groups in total. The number of rotatable bonds is 7. The van der Waals surface area contributed by atoms with Crippen molar-refractivity contribution >= 4 is 41.0 Å². The summed E-state index contributed by atoms with van der Waals surface area (Å²) in [5.41, 5.74) is 0.628. The maximum Gasteiger partial charge on any atom is 0.245 e. The van der Waals surface area contributed by atoms with Gasteiger partial charge in [0, 0.05) is 31.9 Å². The first-order valence-electron chi connectivity index (χ1n) is 10.5. The second-order valence-corrected chi connectivity index (χ2v) is 8.45. The van der Waals surface area contributed by atoms with Gasteiger partial charge in [-0.3, -0.25) is 9.59 Å². The molecule has 11 heteroatoms. The third-order valence-corrected chi connectivity index (χ3v) is 6.23. The van der Waals surface area contributed by atoms with E-state index in [0.29, 0.717) is 75.3 Å². The van der Waals surface area contributed by atoms with Crippen molar-refractivity contribution in [3.05, 3.63) is 30.3 Å². The van der Waals surface area contributed by atoms with Crippen molar-refractivity contribution in [2.24, 2.45) is 0 Å². The summed E-state index contributed by atoms with van der Waals surface area (Å²) in [7, 11) is 0. The van der Waals surface area contributed by atoms with E-state index >= 15 is 0 Å². The zero-order valence-electron chi connectivity index (χ0n) is 17.9. The van der Waals surface area contributed by atoms with Crippen LogP contribution in [0.3, 0.4) is 0 Å². The molecular formula is C21H26N6O4S. The summed E-state index contributed by atoms with van der Waals surface area (Å²) >= 11 is 1.04. The molecule has 170 valence electrons. The molecule has 2 aromatic rings. The van der Waals surface area contributed by atoms with Crippen LogP contribution in [-0.2, 0) is 19.1 Å². The highest BCUT2D eigenvalue weighted by Crippen LogP contribution is 2.26. The van der Waals surface area contributed by atoms with E-state index in [1.165, 1.54) is 6.92 Å². The van der Waals surface area contributed by atoms with Crippen molar-refractivity contribution in [1.82, 2.24) is 15.0 Å². The van der Waals surface area contributed by atoms with Crippen molar-refractivity contribution in [1.29, 1.82) is 0 Å². The summed E-state index contributed by atoms with van der Waals surface area (Å²) in [6.07, 6.45) is 0. The van der Waals surface area contributed by atoms with Gasteiger partial charge in [0.25, 0.3) is 0 Å². The SMILES string of the molecule is CC(=O)[C@H](Sc1nc(N2CCOCC2)nc(N2CCOCC2)n1)C(=O)Nc1ccccc1. The van der Waals surface area contributed by atoms with Gasteiger partial charge in [0.15, 0.2) is 10.9 Å². The lowest BCUT2D eigenvalue weighted by Crippen LogP contribution is -2.40. The number of ketones is 1. The molecule has 2 aliphatic heterocycles. The minimum Gasteiger partial charge on any atom is -0.378 e. The first kappa shape index (κ1) is 22.4. The molecule has 0 aliphatic carbocycles. The van der Waals surface area contributed by atoms with Crippen molar-refractivity contribution in [3.63, 3.8) is 0 Å². The van der Waals surface area contributed by atoms with Crippen LogP contribution in [0, 0.1) is 0 Å². The number of aromatic nitrogens is 3. The van der Waals surface area contributed by atoms with Crippen molar-refractivity contribution in [2.45, 2.75) is 17.3 Å². The second kappa shape index (κ2) is 10.7. The van der Waals surface area contributed by atoms with E-state index in [2.05, 4.69) is 20.3 Å². The molecule has 1 amide bonds. The first-order valence-corrected chi connectivity index (χ1v) is 11.4. The van der Waals surface area contributed by atoms with E-state index in [1.807, 2.05) is 28.0 Å². The van der Waals surface area contributed by atoms with Crippen molar-refractivity contribution < 1.29 is 19.1 Å². The Labute approximate surface area is 190 Å². The number of benzene rings is 1. The Morgan fingerprint density at radius 2 is 1.44 bits per heavy atom. The van der Waals surface area contributed by atoms with E-state index in [1.54, 1.807) is 12.1 Å². The average Bonchev–Trinajstić information content (AvgIpc) is 2.84. The standard InChI is InChI=1S/C21H26N6O4S/c1-15(28)17(18(29)22-16-5-3-2-4-6-16)32-21-24-19(26-7-11-30-12-8-26)23-20(25-21)27-9-13-31-14-10-27/h2-6,17H,7-14H2,1H3,(H,22,29)/t17-/m0/s1. The fourth-order valence-corrected chi connectivity index (χ4v) is 4.17. The van der Waals surface area contributed by atoms with Crippen LogP contribution in [0.5, 0.6) is 0 Å². The molecule has 1 atom stereocenters. The number of nitrogens with zero attached hydrogens (tertiary/aromatic N) is 5. The number of anilines is 3. The molecule has 3 heterocycles. The number of thioether (sulfide) groups is 1. The lowest BCUT2D eigenvalue weighted by molar-refractivity contribution is -0.123. The highest BCUT2D eigenvalue weighted by atomic mass is 32.2. The minimum atomic E-state index is -0.979. The zero-order chi connectivity index (χ0) is 22.3. The monoisotopic (exact) mass is 458 g/mol. The van der Waals surface area contributed by atoms with Gasteiger partial charge in [-0.15, -0.1) is 0 Å². The third-order valence-electron chi connectivity index (χ3n) is 5.05. The molecule has 0 unspecified atom stereocenters. The molecule has 2 aliphatic rings. The van der Waals surface area contributed by atoms with Gasteiger partial charge < -0.3 is 24.6 Å². The number of carbonyl (C=O) groups is 2. The minimum absolute atomic E-state index is 0.273. The molecule has 0 saturated carbocycles. The zero-order valence-corrected chi connectivity index (χ0v) is 18.7. The number of nitrogens with one attached hydrogen (secondary N) is 1. The third kappa shape index (κ3) is 5.72. The summed E-state index contributed by atoms with van der Waals surface area (Å²) in [6.45, 7) is 6.45. The Balaban J connectivity index is 1.59. The van der Waals surface area contributed by atoms with Gasteiger partial charge in [-0.2, -0.15) is 15.0 Å². The number of carbonyl (C=O) groups excluding carboxylic acids is 2. The van der Waals surface area contributed by atoms with Crippen molar-refractivity contribution in [2.75, 3.05) is 67.7 Å². The molecule has 4 rings (SSSR count). The quantitative estimate of drug-likeness (QED) is 0.480. The highest BCUT2D eigenvalue weighted by Gasteiger charge is 2.28. The van der Waals surface area contributed by atoms with Crippen LogP contribution in [0.15, 0.2) is 35.5 Å². The first-order chi connectivity index (χ1) is 15.6. The Kier molecular flexibility index (Phi) is 7.51. The number of ether oxygens (including phenoxy) is 2.